The highest BCUT2D eigenvalue weighted by molar-refractivity contribution is 6.07. The maximum absolute atomic E-state index is 12.3. The van der Waals surface area contributed by atoms with Crippen LogP contribution in [-0.4, -0.2) is 48.7 Å². The van der Waals surface area contributed by atoms with Gasteiger partial charge in [-0.1, -0.05) is 12.1 Å². The number of morpholine rings is 1. The maximum atomic E-state index is 12.3. The Morgan fingerprint density at radius 1 is 1.28 bits per heavy atom. The number of anilines is 1. The molecule has 0 atom stereocenters. The Morgan fingerprint density at radius 2 is 2.04 bits per heavy atom. The molecule has 0 radical (unpaired) electrons. The molecule has 1 aromatic heterocycles. The predicted octanol–water partition coefficient (Wildman–Crippen LogP) is 2.61. The van der Waals surface area contributed by atoms with Gasteiger partial charge in [0.2, 0.25) is 5.95 Å². The molecule has 6 nitrogen and oxygen atoms in total. The van der Waals surface area contributed by atoms with Gasteiger partial charge in [0.1, 0.15) is 5.75 Å². The second-order valence-corrected chi connectivity index (χ2v) is 5.57. The number of carbonyl (C=O) groups excluding carboxylic acids is 1. The third-order valence-corrected chi connectivity index (χ3v) is 3.81. The molecule has 0 spiro atoms. The molecular formula is C19H21N3O3. The quantitative estimate of drug-likeness (QED) is 0.595. The zero-order valence-electron chi connectivity index (χ0n) is 14.2. The van der Waals surface area contributed by atoms with Crippen molar-refractivity contribution in [1.82, 2.24) is 9.97 Å². The lowest BCUT2D eigenvalue weighted by Gasteiger charge is -2.26. The summed E-state index contributed by atoms with van der Waals surface area (Å²) in [6.45, 7) is 5.46. The van der Waals surface area contributed by atoms with E-state index in [4.69, 9.17) is 9.47 Å². The van der Waals surface area contributed by atoms with Gasteiger partial charge in [-0.3, -0.25) is 4.79 Å². The van der Waals surface area contributed by atoms with Crippen molar-refractivity contribution in [3.63, 3.8) is 0 Å². The van der Waals surface area contributed by atoms with Crippen molar-refractivity contribution in [2.24, 2.45) is 0 Å². The van der Waals surface area contributed by atoms with E-state index in [2.05, 4.69) is 14.9 Å². The molecule has 0 saturated carbocycles. The Balaban J connectivity index is 1.64. The van der Waals surface area contributed by atoms with E-state index < -0.39 is 0 Å². The van der Waals surface area contributed by atoms with Crippen LogP contribution < -0.4 is 9.64 Å². The first-order valence-electron chi connectivity index (χ1n) is 8.36. The fourth-order valence-electron chi connectivity index (χ4n) is 2.52. The van der Waals surface area contributed by atoms with Crippen molar-refractivity contribution in [2.45, 2.75) is 6.92 Å². The van der Waals surface area contributed by atoms with Gasteiger partial charge in [-0.25, -0.2) is 9.97 Å². The summed E-state index contributed by atoms with van der Waals surface area (Å²) < 4.78 is 10.7. The maximum Gasteiger partial charge on any atom is 0.225 e. The number of carbonyl (C=O) groups is 1. The molecule has 6 heteroatoms. The molecule has 0 unspecified atom stereocenters. The normalized spacial score (nSPS) is 14.7. The average molecular weight is 339 g/mol. The Kier molecular flexibility index (Phi) is 5.74. The first kappa shape index (κ1) is 17.1. The highest BCUT2D eigenvalue weighted by atomic mass is 16.5. The van der Waals surface area contributed by atoms with E-state index in [0.717, 1.165) is 18.7 Å². The fraction of sp³-hybridized carbons (Fsp3) is 0.316. The van der Waals surface area contributed by atoms with Crippen LogP contribution in [0.4, 0.5) is 5.95 Å². The molecule has 3 rings (SSSR count). The van der Waals surface area contributed by atoms with Crippen molar-refractivity contribution in [3.05, 3.63) is 53.9 Å². The lowest BCUT2D eigenvalue weighted by molar-refractivity contribution is 0.104. The third kappa shape index (κ3) is 4.64. The van der Waals surface area contributed by atoms with Crippen molar-refractivity contribution >= 4 is 17.8 Å². The zero-order valence-corrected chi connectivity index (χ0v) is 14.2. The van der Waals surface area contributed by atoms with Gasteiger partial charge in [-0.15, -0.1) is 0 Å². The molecule has 0 N–H and O–H groups in total. The summed E-state index contributed by atoms with van der Waals surface area (Å²) >= 11 is 0. The van der Waals surface area contributed by atoms with Crippen LogP contribution in [0.25, 0.3) is 6.08 Å². The smallest absolute Gasteiger partial charge is 0.225 e. The van der Waals surface area contributed by atoms with E-state index in [0.29, 0.717) is 37.1 Å². The van der Waals surface area contributed by atoms with Gasteiger partial charge in [0.05, 0.1) is 19.8 Å². The monoisotopic (exact) mass is 339 g/mol. The molecular weight excluding hydrogens is 318 g/mol. The van der Waals surface area contributed by atoms with Crippen molar-refractivity contribution < 1.29 is 14.3 Å². The Morgan fingerprint density at radius 3 is 2.76 bits per heavy atom. The molecule has 1 aliphatic rings. The molecule has 1 fully saturated rings. The Bertz CT molecular complexity index is 738. The molecule has 1 saturated heterocycles. The molecule has 1 aliphatic heterocycles. The summed E-state index contributed by atoms with van der Waals surface area (Å²) in [6.07, 6.45) is 6.69. The van der Waals surface area contributed by atoms with Crippen LogP contribution in [0, 0.1) is 0 Å². The number of rotatable bonds is 6. The van der Waals surface area contributed by atoms with Crippen LogP contribution >= 0.6 is 0 Å². The second-order valence-electron chi connectivity index (χ2n) is 5.57. The van der Waals surface area contributed by atoms with E-state index in [1.165, 1.54) is 6.08 Å². The van der Waals surface area contributed by atoms with Crippen LogP contribution in [0.2, 0.25) is 0 Å². The van der Waals surface area contributed by atoms with Gasteiger partial charge in [0.25, 0.3) is 0 Å². The van der Waals surface area contributed by atoms with E-state index in [1.807, 2.05) is 19.1 Å². The SMILES string of the molecule is CCOc1cccc(C(=O)C=Cc2cnc(N3CCOCC3)nc2)c1. The lowest BCUT2D eigenvalue weighted by Crippen LogP contribution is -2.37. The highest BCUT2D eigenvalue weighted by Gasteiger charge is 2.13. The standard InChI is InChI=1S/C19H21N3O3/c1-2-25-17-5-3-4-16(12-17)18(23)7-6-15-13-20-19(21-14-15)22-8-10-24-11-9-22/h3-7,12-14H,2,8-11H2,1H3. The summed E-state index contributed by atoms with van der Waals surface area (Å²) in [5, 5.41) is 0. The fourth-order valence-corrected chi connectivity index (χ4v) is 2.52. The minimum Gasteiger partial charge on any atom is -0.494 e. The summed E-state index contributed by atoms with van der Waals surface area (Å²) in [5.74, 6) is 1.30. The number of allylic oxidation sites excluding steroid dienone is 1. The lowest BCUT2D eigenvalue weighted by atomic mass is 10.1. The van der Waals surface area contributed by atoms with E-state index in [9.17, 15) is 4.79 Å². The van der Waals surface area contributed by atoms with E-state index >= 15 is 0 Å². The zero-order chi connectivity index (χ0) is 17.5. The van der Waals surface area contributed by atoms with Gasteiger partial charge in [-0.05, 0) is 31.2 Å². The number of nitrogens with zero attached hydrogens (tertiary/aromatic N) is 3. The van der Waals surface area contributed by atoms with Gasteiger partial charge in [0, 0.05) is 36.6 Å². The minimum atomic E-state index is -0.0844. The molecule has 0 bridgehead atoms. The Hall–Kier alpha value is -2.73. The number of ketones is 1. The molecule has 130 valence electrons. The molecule has 0 aliphatic carbocycles. The summed E-state index contributed by atoms with van der Waals surface area (Å²) in [5.41, 5.74) is 1.37. The molecule has 25 heavy (non-hydrogen) atoms. The predicted molar refractivity (Wildman–Crippen MR) is 96.0 cm³/mol. The van der Waals surface area contributed by atoms with Crippen LogP contribution in [0.5, 0.6) is 5.75 Å². The summed E-state index contributed by atoms with van der Waals surface area (Å²) in [4.78, 5) is 23.1. The molecule has 2 heterocycles. The minimum absolute atomic E-state index is 0.0844. The van der Waals surface area contributed by atoms with Crippen molar-refractivity contribution in [2.75, 3.05) is 37.8 Å². The van der Waals surface area contributed by atoms with E-state index in [1.54, 1.807) is 30.6 Å². The van der Waals surface area contributed by atoms with Crippen molar-refractivity contribution in [3.8, 4) is 5.75 Å². The van der Waals surface area contributed by atoms with Crippen LogP contribution in [0.1, 0.15) is 22.8 Å². The number of hydrogen-bond donors (Lipinski definition) is 0. The average Bonchev–Trinajstić information content (AvgIpc) is 2.68. The number of ether oxygens (including phenoxy) is 2. The number of benzene rings is 1. The first-order valence-corrected chi connectivity index (χ1v) is 8.36. The van der Waals surface area contributed by atoms with Crippen LogP contribution in [0.3, 0.4) is 0 Å². The van der Waals surface area contributed by atoms with E-state index in [-0.39, 0.29) is 5.78 Å². The molecule has 2 aromatic rings. The summed E-state index contributed by atoms with van der Waals surface area (Å²) in [6, 6.07) is 7.16. The van der Waals surface area contributed by atoms with Gasteiger partial charge < -0.3 is 14.4 Å². The second kappa shape index (κ2) is 8.39. The first-order chi connectivity index (χ1) is 12.3. The van der Waals surface area contributed by atoms with Gasteiger partial charge in [-0.2, -0.15) is 0 Å². The van der Waals surface area contributed by atoms with Crippen LogP contribution in [-0.2, 0) is 4.74 Å². The molecule has 1 aromatic carbocycles. The topological polar surface area (TPSA) is 64.5 Å². The number of aromatic nitrogens is 2. The Labute approximate surface area is 147 Å². The molecule has 0 amide bonds. The van der Waals surface area contributed by atoms with Crippen LogP contribution in [0.15, 0.2) is 42.7 Å². The van der Waals surface area contributed by atoms with Gasteiger partial charge in [0.15, 0.2) is 5.78 Å². The highest BCUT2D eigenvalue weighted by Crippen LogP contribution is 2.15. The number of hydrogen-bond acceptors (Lipinski definition) is 6. The van der Waals surface area contributed by atoms with Crippen molar-refractivity contribution in [1.29, 1.82) is 0 Å². The van der Waals surface area contributed by atoms with Gasteiger partial charge >= 0.3 is 0 Å². The summed E-state index contributed by atoms with van der Waals surface area (Å²) in [7, 11) is 0. The largest absolute Gasteiger partial charge is 0.494 e. The third-order valence-electron chi connectivity index (χ3n) is 3.81.